The summed E-state index contributed by atoms with van der Waals surface area (Å²) < 4.78 is 2.22. The Kier molecular flexibility index (Phi) is 3.05. The highest BCUT2D eigenvalue weighted by molar-refractivity contribution is 5.77. The molecule has 3 nitrogen and oxygen atoms in total. The molecule has 0 fully saturated rings. The molecule has 0 N–H and O–H groups in total. The van der Waals surface area contributed by atoms with Gasteiger partial charge in [0.2, 0.25) is 0 Å². The van der Waals surface area contributed by atoms with Crippen molar-refractivity contribution in [2.45, 2.75) is 6.54 Å². The molecule has 0 spiro atoms. The van der Waals surface area contributed by atoms with E-state index in [0.29, 0.717) is 0 Å². The van der Waals surface area contributed by atoms with Crippen LogP contribution in [0.15, 0.2) is 54.9 Å². The third kappa shape index (κ3) is 2.25. The van der Waals surface area contributed by atoms with E-state index < -0.39 is 0 Å². The third-order valence-electron chi connectivity index (χ3n) is 3.19. The monoisotopic (exact) mass is 251 g/mol. The number of hydrogen-bond donors (Lipinski definition) is 0. The van der Waals surface area contributed by atoms with Crippen LogP contribution in [-0.2, 0) is 6.54 Å². The number of benzene rings is 1. The first-order chi connectivity index (χ1) is 9.25. The molecule has 0 aliphatic rings. The highest BCUT2D eigenvalue weighted by atomic mass is 15.1. The zero-order chi connectivity index (χ0) is 13.2. The van der Waals surface area contributed by atoms with Crippen molar-refractivity contribution in [3.05, 3.63) is 60.6 Å². The Bertz CT molecular complexity index is 684. The molecular formula is C16H17N3. The fourth-order valence-corrected chi connectivity index (χ4v) is 2.37. The van der Waals surface area contributed by atoms with Gasteiger partial charge in [0, 0.05) is 30.2 Å². The molecule has 3 aromatic rings. The average Bonchev–Trinajstić information content (AvgIpc) is 2.82. The van der Waals surface area contributed by atoms with E-state index in [4.69, 9.17) is 0 Å². The van der Waals surface area contributed by atoms with E-state index in [1.54, 1.807) is 0 Å². The average molecular weight is 251 g/mol. The van der Waals surface area contributed by atoms with Gasteiger partial charge in [-0.05, 0) is 26.2 Å². The Morgan fingerprint density at radius 1 is 1.05 bits per heavy atom. The van der Waals surface area contributed by atoms with E-state index in [1.807, 2.05) is 30.6 Å². The third-order valence-corrected chi connectivity index (χ3v) is 3.19. The van der Waals surface area contributed by atoms with Gasteiger partial charge in [-0.25, -0.2) is 0 Å². The fourth-order valence-electron chi connectivity index (χ4n) is 2.37. The van der Waals surface area contributed by atoms with Crippen LogP contribution >= 0.6 is 0 Å². The highest BCUT2D eigenvalue weighted by Gasteiger charge is 2.08. The van der Waals surface area contributed by atoms with Crippen LogP contribution in [0, 0.1) is 0 Å². The standard InChI is InChI=1S/C16H17N3/c1-18(2)12-14-8-9-15-16(17-10-11-19(14)15)13-6-4-3-5-7-13/h3-11H,12H2,1-2H3. The van der Waals surface area contributed by atoms with Gasteiger partial charge in [0.1, 0.15) is 0 Å². The van der Waals surface area contributed by atoms with Crippen molar-refractivity contribution in [3.63, 3.8) is 0 Å². The van der Waals surface area contributed by atoms with Gasteiger partial charge in [0.05, 0.1) is 11.2 Å². The zero-order valence-corrected chi connectivity index (χ0v) is 11.2. The van der Waals surface area contributed by atoms with E-state index in [9.17, 15) is 0 Å². The predicted molar refractivity (Wildman–Crippen MR) is 78.0 cm³/mol. The summed E-state index contributed by atoms with van der Waals surface area (Å²) in [4.78, 5) is 6.71. The quantitative estimate of drug-likeness (QED) is 0.713. The van der Waals surface area contributed by atoms with Gasteiger partial charge in [0.15, 0.2) is 0 Å². The Labute approximate surface area is 113 Å². The number of aromatic nitrogens is 2. The van der Waals surface area contributed by atoms with Crippen LogP contribution in [-0.4, -0.2) is 28.4 Å². The van der Waals surface area contributed by atoms with Crippen molar-refractivity contribution in [1.82, 2.24) is 14.3 Å². The number of fused-ring (bicyclic) bond motifs is 1. The SMILES string of the molecule is CN(C)Cc1ccc2c(-c3ccccc3)nccn12. The molecule has 0 aliphatic carbocycles. The maximum absolute atomic E-state index is 4.54. The summed E-state index contributed by atoms with van der Waals surface area (Å²) in [5.74, 6) is 0. The van der Waals surface area contributed by atoms with Crippen LogP contribution in [0.4, 0.5) is 0 Å². The van der Waals surface area contributed by atoms with Crippen molar-refractivity contribution >= 4 is 5.52 Å². The molecule has 0 aliphatic heterocycles. The van der Waals surface area contributed by atoms with Crippen LogP contribution in [0.25, 0.3) is 16.8 Å². The topological polar surface area (TPSA) is 20.5 Å². The first-order valence-corrected chi connectivity index (χ1v) is 6.41. The summed E-state index contributed by atoms with van der Waals surface area (Å²) in [6.45, 7) is 0.923. The molecule has 96 valence electrons. The number of nitrogens with zero attached hydrogens (tertiary/aromatic N) is 3. The summed E-state index contributed by atoms with van der Waals surface area (Å²) in [6, 6.07) is 14.6. The summed E-state index contributed by atoms with van der Waals surface area (Å²) in [6.07, 6.45) is 3.90. The molecule has 0 unspecified atom stereocenters. The van der Waals surface area contributed by atoms with E-state index in [-0.39, 0.29) is 0 Å². The van der Waals surface area contributed by atoms with Crippen molar-refractivity contribution in [1.29, 1.82) is 0 Å². The first kappa shape index (κ1) is 11.9. The van der Waals surface area contributed by atoms with Gasteiger partial charge in [-0.2, -0.15) is 0 Å². The molecule has 0 saturated heterocycles. The fraction of sp³-hybridized carbons (Fsp3) is 0.188. The molecule has 3 rings (SSSR count). The minimum absolute atomic E-state index is 0.923. The number of rotatable bonds is 3. The largest absolute Gasteiger partial charge is 0.316 e. The minimum Gasteiger partial charge on any atom is -0.316 e. The van der Waals surface area contributed by atoms with Crippen LogP contribution in [0.1, 0.15) is 5.69 Å². The Balaban J connectivity index is 2.15. The molecule has 0 bridgehead atoms. The van der Waals surface area contributed by atoms with Crippen LogP contribution in [0.5, 0.6) is 0 Å². The number of hydrogen-bond acceptors (Lipinski definition) is 2. The van der Waals surface area contributed by atoms with E-state index in [1.165, 1.54) is 5.69 Å². The summed E-state index contributed by atoms with van der Waals surface area (Å²) >= 11 is 0. The van der Waals surface area contributed by atoms with Crippen LogP contribution in [0.2, 0.25) is 0 Å². The first-order valence-electron chi connectivity index (χ1n) is 6.41. The second kappa shape index (κ2) is 4.86. The normalized spacial score (nSPS) is 11.3. The second-order valence-corrected chi connectivity index (χ2v) is 4.96. The molecule has 2 heterocycles. The van der Waals surface area contributed by atoms with Gasteiger partial charge >= 0.3 is 0 Å². The highest BCUT2D eigenvalue weighted by Crippen LogP contribution is 2.23. The van der Waals surface area contributed by atoms with Crippen molar-refractivity contribution in [2.75, 3.05) is 14.1 Å². The maximum Gasteiger partial charge on any atom is 0.0942 e. The lowest BCUT2D eigenvalue weighted by atomic mass is 10.1. The van der Waals surface area contributed by atoms with E-state index in [2.05, 4.69) is 52.6 Å². The van der Waals surface area contributed by atoms with Crippen molar-refractivity contribution in [3.8, 4) is 11.3 Å². The minimum atomic E-state index is 0.923. The lowest BCUT2D eigenvalue weighted by Gasteiger charge is -2.10. The molecule has 19 heavy (non-hydrogen) atoms. The van der Waals surface area contributed by atoms with Gasteiger partial charge in [-0.3, -0.25) is 4.98 Å². The molecule has 0 radical (unpaired) electrons. The summed E-state index contributed by atoms with van der Waals surface area (Å²) in [5.41, 5.74) is 4.63. The Hall–Kier alpha value is -2.13. The Morgan fingerprint density at radius 2 is 1.84 bits per heavy atom. The Morgan fingerprint density at radius 3 is 2.58 bits per heavy atom. The molecular weight excluding hydrogens is 234 g/mol. The summed E-state index contributed by atoms with van der Waals surface area (Å²) in [7, 11) is 4.16. The molecule has 0 atom stereocenters. The molecule has 0 saturated carbocycles. The molecule has 0 amide bonds. The van der Waals surface area contributed by atoms with Gasteiger partial charge < -0.3 is 9.30 Å². The molecule has 3 heteroatoms. The van der Waals surface area contributed by atoms with Crippen molar-refractivity contribution < 1.29 is 0 Å². The lowest BCUT2D eigenvalue weighted by molar-refractivity contribution is 0.395. The summed E-state index contributed by atoms with van der Waals surface area (Å²) in [5, 5.41) is 0. The second-order valence-electron chi connectivity index (χ2n) is 4.96. The molecule has 1 aromatic carbocycles. The van der Waals surface area contributed by atoms with E-state index in [0.717, 1.165) is 23.3 Å². The predicted octanol–water partition coefficient (Wildman–Crippen LogP) is 3.06. The maximum atomic E-state index is 4.54. The van der Waals surface area contributed by atoms with Gasteiger partial charge in [-0.15, -0.1) is 0 Å². The van der Waals surface area contributed by atoms with Gasteiger partial charge in [-0.1, -0.05) is 30.3 Å². The van der Waals surface area contributed by atoms with Gasteiger partial charge in [0.25, 0.3) is 0 Å². The lowest BCUT2D eigenvalue weighted by Crippen LogP contribution is -2.12. The van der Waals surface area contributed by atoms with Crippen molar-refractivity contribution in [2.24, 2.45) is 0 Å². The van der Waals surface area contributed by atoms with E-state index >= 15 is 0 Å². The smallest absolute Gasteiger partial charge is 0.0942 e. The zero-order valence-electron chi connectivity index (χ0n) is 11.2. The van der Waals surface area contributed by atoms with Crippen LogP contribution in [0.3, 0.4) is 0 Å². The molecule has 2 aromatic heterocycles. The van der Waals surface area contributed by atoms with Crippen LogP contribution < -0.4 is 0 Å².